The summed E-state index contributed by atoms with van der Waals surface area (Å²) in [7, 11) is 0. The molecular formula is C26H28FN5O. The molecule has 0 bridgehead atoms. The Kier molecular flexibility index (Phi) is 4.76. The van der Waals surface area contributed by atoms with E-state index < -0.39 is 0 Å². The molecule has 1 unspecified atom stereocenters. The summed E-state index contributed by atoms with van der Waals surface area (Å²) >= 11 is 0. The normalized spacial score (nSPS) is 19.0. The number of rotatable bonds is 4. The minimum Gasteiger partial charge on any atom is -0.339 e. The van der Waals surface area contributed by atoms with Gasteiger partial charge in [-0.25, -0.2) is 9.37 Å². The maximum absolute atomic E-state index is 13.9. The van der Waals surface area contributed by atoms with Gasteiger partial charge in [0.15, 0.2) is 0 Å². The topological polar surface area (TPSA) is 68.6 Å². The maximum atomic E-state index is 13.9. The van der Waals surface area contributed by atoms with Crippen molar-refractivity contribution in [2.75, 3.05) is 13.1 Å². The Hall–Kier alpha value is -3.19. The summed E-state index contributed by atoms with van der Waals surface area (Å²) in [5.41, 5.74) is 11.4. The molecule has 4 aromatic rings. The Bertz CT molecular complexity index is 1380. The number of fused-ring (bicyclic) bond motifs is 2. The first-order valence-corrected chi connectivity index (χ1v) is 11.8. The van der Waals surface area contributed by atoms with Crippen LogP contribution in [-0.4, -0.2) is 43.9 Å². The van der Waals surface area contributed by atoms with E-state index in [9.17, 15) is 9.18 Å². The van der Waals surface area contributed by atoms with Gasteiger partial charge in [0.1, 0.15) is 17.2 Å². The van der Waals surface area contributed by atoms with Crippen LogP contribution < -0.4 is 5.73 Å². The number of likely N-dealkylation sites (tertiary alicyclic amines) is 1. The molecule has 0 radical (unpaired) electrons. The summed E-state index contributed by atoms with van der Waals surface area (Å²) in [4.78, 5) is 19.9. The van der Waals surface area contributed by atoms with Crippen molar-refractivity contribution in [2.45, 2.75) is 45.2 Å². The molecule has 3 aromatic heterocycles. The van der Waals surface area contributed by atoms with Crippen LogP contribution in [0.25, 0.3) is 27.9 Å². The predicted molar refractivity (Wildman–Crippen MR) is 127 cm³/mol. The number of aryl methyl sites for hydroxylation is 1. The number of hydrogen-bond acceptors (Lipinski definition) is 3. The third kappa shape index (κ3) is 3.60. The van der Waals surface area contributed by atoms with Crippen LogP contribution in [-0.2, 0) is 6.54 Å². The van der Waals surface area contributed by atoms with Crippen LogP contribution in [0.3, 0.4) is 0 Å². The van der Waals surface area contributed by atoms with Gasteiger partial charge in [0.05, 0.1) is 5.69 Å². The lowest BCUT2D eigenvalue weighted by Gasteiger charge is -2.30. The van der Waals surface area contributed by atoms with Gasteiger partial charge in [0.25, 0.3) is 5.91 Å². The zero-order valence-electron chi connectivity index (χ0n) is 18.8. The zero-order valence-corrected chi connectivity index (χ0v) is 18.8. The van der Waals surface area contributed by atoms with Crippen molar-refractivity contribution in [2.24, 2.45) is 11.7 Å². The summed E-state index contributed by atoms with van der Waals surface area (Å²) in [6, 6.07) is 10.8. The third-order valence-electron chi connectivity index (χ3n) is 7.10. The fourth-order valence-corrected chi connectivity index (χ4v) is 5.11. The van der Waals surface area contributed by atoms with E-state index in [0.717, 1.165) is 59.6 Å². The standard InChI is InChI=1S/C26H28FN5O/c1-16-25(23-12-19-11-20(27)6-7-22(19)32(23)14-17-4-5-17)29-24-13-18(8-10-31(16)24)26(33)30-9-2-3-21(28)15-30/h6-8,10-13,17,21H,2-5,9,14-15,28H2,1H3. The van der Waals surface area contributed by atoms with E-state index in [4.69, 9.17) is 10.7 Å². The molecule has 2 N–H and O–H groups in total. The van der Waals surface area contributed by atoms with Crippen molar-refractivity contribution in [3.05, 3.63) is 59.7 Å². The number of nitrogens with two attached hydrogens (primary N) is 1. The van der Waals surface area contributed by atoms with E-state index in [1.54, 1.807) is 6.07 Å². The number of carbonyl (C=O) groups excluding carboxylic acids is 1. The van der Waals surface area contributed by atoms with Gasteiger partial charge in [0, 0.05) is 54.0 Å². The highest BCUT2D eigenvalue weighted by molar-refractivity contribution is 5.95. The van der Waals surface area contributed by atoms with E-state index in [-0.39, 0.29) is 17.8 Å². The van der Waals surface area contributed by atoms with Crippen LogP contribution in [0.2, 0.25) is 0 Å². The van der Waals surface area contributed by atoms with E-state index >= 15 is 0 Å². The van der Waals surface area contributed by atoms with Crippen LogP contribution in [0.4, 0.5) is 4.39 Å². The van der Waals surface area contributed by atoms with E-state index in [0.29, 0.717) is 18.0 Å². The van der Waals surface area contributed by atoms with Gasteiger partial charge in [-0.05, 0) is 74.9 Å². The maximum Gasteiger partial charge on any atom is 0.254 e. The average molecular weight is 446 g/mol. The highest BCUT2D eigenvalue weighted by Gasteiger charge is 2.26. The summed E-state index contributed by atoms with van der Waals surface area (Å²) in [5, 5.41) is 0.888. The molecule has 7 heteroatoms. The molecule has 0 spiro atoms. The van der Waals surface area contributed by atoms with E-state index in [1.807, 2.05) is 46.7 Å². The van der Waals surface area contributed by atoms with Crippen molar-refractivity contribution in [1.82, 2.24) is 18.9 Å². The second-order valence-corrected chi connectivity index (χ2v) is 9.63. The van der Waals surface area contributed by atoms with Crippen LogP contribution in [0.5, 0.6) is 0 Å². The summed E-state index contributed by atoms with van der Waals surface area (Å²) in [6.07, 6.45) is 6.29. The largest absolute Gasteiger partial charge is 0.339 e. The number of carbonyl (C=O) groups is 1. The van der Waals surface area contributed by atoms with E-state index in [1.165, 1.54) is 18.9 Å². The predicted octanol–water partition coefficient (Wildman–Crippen LogP) is 4.38. The fraction of sp³-hybridized carbons (Fsp3) is 0.385. The second-order valence-electron chi connectivity index (χ2n) is 9.63. The number of nitrogens with zero attached hydrogens (tertiary/aromatic N) is 4. The molecule has 4 heterocycles. The number of hydrogen-bond donors (Lipinski definition) is 1. The Morgan fingerprint density at radius 1 is 1.18 bits per heavy atom. The van der Waals surface area contributed by atoms with Crippen LogP contribution >= 0.6 is 0 Å². The minimum absolute atomic E-state index is 0.00757. The molecule has 1 aliphatic carbocycles. The number of piperidine rings is 1. The number of pyridine rings is 1. The van der Waals surface area contributed by atoms with Crippen molar-refractivity contribution in [3.63, 3.8) is 0 Å². The Labute approximate surface area is 191 Å². The molecule has 33 heavy (non-hydrogen) atoms. The Morgan fingerprint density at radius 3 is 2.82 bits per heavy atom. The smallest absolute Gasteiger partial charge is 0.254 e. The summed E-state index contributed by atoms with van der Waals surface area (Å²) in [6.45, 7) is 4.30. The lowest BCUT2D eigenvalue weighted by molar-refractivity contribution is 0.0709. The highest BCUT2D eigenvalue weighted by Crippen LogP contribution is 2.37. The van der Waals surface area contributed by atoms with E-state index in [2.05, 4.69) is 4.57 Å². The van der Waals surface area contributed by atoms with Gasteiger partial charge in [-0.15, -0.1) is 0 Å². The summed E-state index contributed by atoms with van der Waals surface area (Å²) < 4.78 is 18.2. The number of amides is 1. The van der Waals surface area contributed by atoms with Gasteiger partial charge in [0.2, 0.25) is 0 Å². The number of aromatic nitrogens is 3. The van der Waals surface area contributed by atoms with Crippen molar-refractivity contribution >= 4 is 22.5 Å². The Morgan fingerprint density at radius 2 is 2.03 bits per heavy atom. The first kappa shape index (κ1) is 20.4. The molecule has 2 fully saturated rings. The third-order valence-corrected chi connectivity index (χ3v) is 7.10. The Balaban J connectivity index is 1.42. The second kappa shape index (κ2) is 7.70. The lowest BCUT2D eigenvalue weighted by atomic mass is 10.1. The first-order valence-electron chi connectivity index (χ1n) is 11.8. The lowest BCUT2D eigenvalue weighted by Crippen LogP contribution is -2.45. The number of benzene rings is 1. The van der Waals surface area contributed by atoms with Gasteiger partial charge in [-0.2, -0.15) is 0 Å². The molecule has 6 nitrogen and oxygen atoms in total. The van der Waals surface area contributed by atoms with Crippen LogP contribution in [0.1, 0.15) is 41.7 Å². The minimum atomic E-state index is -0.232. The average Bonchev–Trinajstić information content (AvgIpc) is 3.48. The summed E-state index contributed by atoms with van der Waals surface area (Å²) in [5.74, 6) is 0.444. The molecule has 6 rings (SSSR count). The molecule has 170 valence electrons. The molecule has 1 amide bonds. The zero-order chi connectivity index (χ0) is 22.7. The monoisotopic (exact) mass is 445 g/mol. The molecule has 1 saturated carbocycles. The molecule has 1 atom stereocenters. The highest BCUT2D eigenvalue weighted by atomic mass is 19.1. The molecular weight excluding hydrogens is 417 g/mol. The fourth-order valence-electron chi connectivity index (χ4n) is 5.11. The number of halogens is 1. The molecule has 1 saturated heterocycles. The van der Waals surface area contributed by atoms with Crippen molar-refractivity contribution < 1.29 is 9.18 Å². The molecule has 1 aromatic carbocycles. The van der Waals surface area contributed by atoms with Crippen LogP contribution in [0, 0.1) is 18.7 Å². The quantitative estimate of drug-likeness (QED) is 0.507. The van der Waals surface area contributed by atoms with Gasteiger partial charge >= 0.3 is 0 Å². The number of imidazole rings is 1. The van der Waals surface area contributed by atoms with Crippen molar-refractivity contribution in [3.8, 4) is 11.4 Å². The van der Waals surface area contributed by atoms with Gasteiger partial charge in [-0.3, -0.25) is 4.79 Å². The van der Waals surface area contributed by atoms with Crippen LogP contribution in [0.15, 0.2) is 42.6 Å². The van der Waals surface area contributed by atoms with Gasteiger partial charge < -0.3 is 19.6 Å². The molecule has 2 aliphatic rings. The SMILES string of the molecule is Cc1c(-c2cc3cc(F)ccc3n2CC2CC2)nc2cc(C(=O)N3CCCC(N)C3)ccn12. The molecule has 1 aliphatic heterocycles. The first-order chi connectivity index (χ1) is 16.0. The van der Waals surface area contributed by atoms with Gasteiger partial charge in [-0.1, -0.05) is 0 Å². The van der Waals surface area contributed by atoms with Crippen molar-refractivity contribution in [1.29, 1.82) is 0 Å².